The number of benzene rings is 2. The van der Waals surface area contributed by atoms with Gasteiger partial charge in [-0.1, -0.05) is 17.2 Å². The van der Waals surface area contributed by atoms with E-state index in [1.807, 2.05) is 0 Å². The Morgan fingerprint density at radius 3 is 2.21 bits per heavy atom. The Hall–Kier alpha value is -3.29. The molecule has 0 radical (unpaired) electrons. The Balaban J connectivity index is 1.58. The number of urea groups is 1. The van der Waals surface area contributed by atoms with E-state index in [4.69, 9.17) is 4.42 Å². The monoisotopic (exact) mass is 330 g/mol. The van der Waals surface area contributed by atoms with Crippen molar-refractivity contribution in [3.05, 3.63) is 71.6 Å². The standard InChI is InChI=1S/C16H12F2N4O2/c17-11-3-1-10(2-4-11)9-14-21-22-16(24-14)20-15(23)19-13-7-5-12(18)6-8-13/h1-8H,9H2,(H2,19,20,22,23). The molecule has 3 aromatic rings. The number of anilines is 2. The molecular weight excluding hydrogens is 318 g/mol. The van der Waals surface area contributed by atoms with Gasteiger partial charge in [-0.15, -0.1) is 5.10 Å². The molecule has 122 valence electrons. The second-order valence-corrected chi connectivity index (χ2v) is 4.89. The molecule has 0 unspecified atom stereocenters. The molecule has 1 heterocycles. The normalized spacial score (nSPS) is 10.4. The zero-order valence-corrected chi connectivity index (χ0v) is 12.3. The van der Waals surface area contributed by atoms with E-state index in [2.05, 4.69) is 20.8 Å². The maximum Gasteiger partial charge on any atom is 0.327 e. The van der Waals surface area contributed by atoms with Crippen LogP contribution in [0.3, 0.4) is 0 Å². The summed E-state index contributed by atoms with van der Waals surface area (Å²) in [6, 6.07) is 10.5. The zero-order chi connectivity index (χ0) is 16.9. The van der Waals surface area contributed by atoms with E-state index in [0.29, 0.717) is 12.1 Å². The van der Waals surface area contributed by atoms with Crippen molar-refractivity contribution in [2.45, 2.75) is 6.42 Å². The van der Waals surface area contributed by atoms with Gasteiger partial charge in [0.05, 0.1) is 6.42 Å². The van der Waals surface area contributed by atoms with Gasteiger partial charge in [-0.2, -0.15) is 0 Å². The number of hydrogen-bond donors (Lipinski definition) is 2. The Kier molecular flexibility index (Phi) is 4.46. The van der Waals surface area contributed by atoms with Gasteiger partial charge < -0.3 is 9.73 Å². The summed E-state index contributed by atoms with van der Waals surface area (Å²) in [7, 11) is 0. The minimum atomic E-state index is -0.599. The van der Waals surface area contributed by atoms with Crippen LogP contribution in [0.5, 0.6) is 0 Å². The Labute approximate surface area is 135 Å². The van der Waals surface area contributed by atoms with Crippen molar-refractivity contribution in [2.75, 3.05) is 10.6 Å². The van der Waals surface area contributed by atoms with Crippen LogP contribution >= 0.6 is 0 Å². The van der Waals surface area contributed by atoms with E-state index < -0.39 is 11.8 Å². The third kappa shape index (κ3) is 4.13. The van der Waals surface area contributed by atoms with Gasteiger partial charge in [-0.25, -0.2) is 13.6 Å². The van der Waals surface area contributed by atoms with E-state index in [0.717, 1.165) is 5.56 Å². The lowest BCUT2D eigenvalue weighted by Gasteiger charge is -2.04. The largest absolute Gasteiger partial charge is 0.407 e. The molecule has 0 aliphatic heterocycles. The Bertz CT molecular complexity index is 832. The summed E-state index contributed by atoms with van der Waals surface area (Å²) in [5.74, 6) is -0.453. The number of nitrogens with zero attached hydrogens (tertiary/aromatic N) is 2. The highest BCUT2D eigenvalue weighted by atomic mass is 19.1. The van der Waals surface area contributed by atoms with Crippen LogP contribution in [0.25, 0.3) is 0 Å². The Morgan fingerprint density at radius 2 is 1.54 bits per heavy atom. The SMILES string of the molecule is O=C(Nc1ccc(F)cc1)Nc1nnc(Cc2ccc(F)cc2)o1. The van der Waals surface area contributed by atoms with Crippen LogP contribution in [0, 0.1) is 11.6 Å². The fraction of sp³-hybridized carbons (Fsp3) is 0.0625. The molecule has 0 atom stereocenters. The molecule has 0 fully saturated rings. The molecule has 8 heteroatoms. The first-order valence-electron chi connectivity index (χ1n) is 6.99. The second-order valence-electron chi connectivity index (χ2n) is 4.89. The summed E-state index contributed by atoms with van der Waals surface area (Å²) in [5, 5.41) is 12.4. The summed E-state index contributed by atoms with van der Waals surface area (Å²) < 4.78 is 30.9. The number of aromatic nitrogens is 2. The topological polar surface area (TPSA) is 80.0 Å². The van der Waals surface area contributed by atoms with E-state index in [9.17, 15) is 13.6 Å². The summed E-state index contributed by atoms with van der Waals surface area (Å²) >= 11 is 0. The smallest absolute Gasteiger partial charge is 0.327 e. The summed E-state index contributed by atoms with van der Waals surface area (Å²) in [4.78, 5) is 11.8. The molecule has 0 saturated heterocycles. The van der Waals surface area contributed by atoms with E-state index in [1.165, 1.54) is 36.4 Å². The quantitative estimate of drug-likeness (QED) is 0.766. The van der Waals surface area contributed by atoms with Crippen molar-refractivity contribution in [1.82, 2.24) is 10.2 Å². The van der Waals surface area contributed by atoms with Gasteiger partial charge in [0.1, 0.15) is 11.6 Å². The molecule has 2 aromatic carbocycles. The number of hydrogen-bond acceptors (Lipinski definition) is 4. The average Bonchev–Trinajstić information content (AvgIpc) is 2.99. The highest BCUT2D eigenvalue weighted by Gasteiger charge is 2.10. The maximum absolute atomic E-state index is 12.8. The first kappa shape index (κ1) is 15.6. The summed E-state index contributed by atoms with van der Waals surface area (Å²) in [6.45, 7) is 0. The molecule has 2 N–H and O–H groups in total. The van der Waals surface area contributed by atoms with Gasteiger partial charge in [-0.05, 0) is 42.0 Å². The lowest BCUT2D eigenvalue weighted by Crippen LogP contribution is -2.19. The minimum absolute atomic E-state index is 0.0771. The number of rotatable bonds is 4. The van der Waals surface area contributed by atoms with Crippen LogP contribution in [0.2, 0.25) is 0 Å². The van der Waals surface area contributed by atoms with Gasteiger partial charge in [-0.3, -0.25) is 5.32 Å². The molecule has 6 nitrogen and oxygen atoms in total. The van der Waals surface area contributed by atoms with Crippen LogP contribution in [-0.4, -0.2) is 16.2 Å². The number of carbonyl (C=O) groups is 1. The van der Waals surface area contributed by atoms with E-state index in [1.54, 1.807) is 12.1 Å². The van der Waals surface area contributed by atoms with Gasteiger partial charge >= 0.3 is 12.0 Å². The molecule has 0 spiro atoms. The average molecular weight is 330 g/mol. The maximum atomic E-state index is 12.8. The summed E-state index contributed by atoms with van der Waals surface area (Å²) in [6.07, 6.45) is 0.314. The third-order valence-electron chi connectivity index (χ3n) is 3.06. The highest BCUT2D eigenvalue weighted by Crippen LogP contribution is 2.13. The van der Waals surface area contributed by atoms with Crippen LogP contribution in [0.4, 0.5) is 25.3 Å². The lowest BCUT2D eigenvalue weighted by molar-refractivity contribution is 0.261. The van der Waals surface area contributed by atoms with Crippen LogP contribution < -0.4 is 10.6 Å². The molecule has 0 aliphatic rings. The predicted octanol–water partition coefficient (Wildman–Crippen LogP) is 3.58. The fourth-order valence-corrected chi connectivity index (χ4v) is 1.95. The predicted molar refractivity (Wildman–Crippen MR) is 82.5 cm³/mol. The molecule has 0 saturated carbocycles. The number of amides is 2. The second kappa shape index (κ2) is 6.86. The molecule has 1 aromatic heterocycles. The number of nitrogens with one attached hydrogen (secondary N) is 2. The van der Waals surface area contributed by atoms with Crippen molar-refractivity contribution in [3.63, 3.8) is 0 Å². The highest BCUT2D eigenvalue weighted by molar-refractivity contribution is 5.98. The molecule has 0 aliphatic carbocycles. The zero-order valence-electron chi connectivity index (χ0n) is 12.3. The van der Waals surface area contributed by atoms with Gasteiger partial charge in [0.25, 0.3) is 0 Å². The van der Waals surface area contributed by atoms with E-state index >= 15 is 0 Å². The number of halogens is 2. The number of carbonyl (C=O) groups excluding carboxylic acids is 1. The van der Waals surface area contributed by atoms with E-state index in [-0.39, 0.29) is 17.7 Å². The first-order valence-corrected chi connectivity index (χ1v) is 6.99. The first-order chi connectivity index (χ1) is 11.6. The third-order valence-corrected chi connectivity index (χ3v) is 3.06. The lowest BCUT2D eigenvalue weighted by atomic mass is 10.1. The van der Waals surface area contributed by atoms with Gasteiger partial charge in [0.2, 0.25) is 5.89 Å². The van der Waals surface area contributed by atoms with Crippen LogP contribution in [0.1, 0.15) is 11.5 Å². The summed E-state index contributed by atoms with van der Waals surface area (Å²) in [5.41, 5.74) is 1.21. The Morgan fingerprint density at radius 1 is 0.917 bits per heavy atom. The van der Waals surface area contributed by atoms with Crippen molar-refractivity contribution in [3.8, 4) is 0 Å². The van der Waals surface area contributed by atoms with Crippen molar-refractivity contribution in [2.24, 2.45) is 0 Å². The van der Waals surface area contributed by atoms with Crippen molar-refractivity contribution < 1.29 is 18.0 Å². The van der Waals surface area contributed by atoms with Crippen LogP contribution in [-0.2, 0) is 6.42 Å². The molecule has 0 bridgehead atoms. The molecule has 2 amide bonds. The van der Waals surface area contributed by atoms with Gasteiger partial charge in [0, 0.05) is 5.69 Å². The minimum Gasteiger partial charge on any atom is -0.407 e. The van der Waals surface area contributed by atoms with Crippen LogP contribution in [0.15, 0.2) is 52.9 Å². The molecule has 24 heavy (non-hydrogen) atoms. The molecule has 3 rings (SSSR count). The van der Waals surface area contributed by atoms with Crippen molar-refractivity contribution >= 4 is 17.7 Å². The van der Waals surface area contributed by atoms with Gasteiger partial charge in [0.15, 0.2) is 0 Å². The fourth-order valence-electron chi connectivity index (χ4n) is 1.95. The van der Waals surface area contributed by atoms with Crippen molar-refractivity contribution in [1.29, 1.82) is 0 Å². The molecular formula is C16H12F2N4O2.